The fourth-order valence-corrected chi connectivity index (χ4v) is 4.46. The Kier molecular flexibility index (Phi) is 6.85. The Hall–Kier alpha value is -0.240. The van der Waals surface area contributed by atoms with Crippen LogP contribution in [-0.4, -0.2) is 17.5 Å². The van der Waals surface area contributed by atoms with Crippen LogP contribution >= 0.6 is 11.6 Å². The molecular formula is C18H31ClO2. The molecule has 2 aliphatic carbocycles. The van der Waals surface area contributed by atoms with Gasteiger partial charge < -0.3 is 4.74 Å². The summed E-state index contributed by atoms with van der Waals surface area (Å²) < 4.78 is 5.86. The zero-order valence-electron chi connectivity index (χ0n) is 13.7. The number of esters is 1. The quantitative estimate of drug-likeness (QED) is 0.507. The molecule has 21 heavy (non-hydrogen) atoms. The van der Waals surface area contributed by atoms with Crippen LogP contribution in [0.5, 0.6) is 0 Å². The second kappa shape index (κ2) is 8.41. The van der Waals surface area contributed by atoms with E-state index in [1.807, 2.05) is 0 Å². The molecule has 0 amide bonds. The SMILES string of the molecule is CC(C)CCC(=O)O[C@@H]1CCCC[C@H]1[C@@H]1CCCC[C@H]1Cl. The number of hydrogen-bond acceptors (Lipinski definition) is 2. The van der Waals surface area contributed by atoms with Gasteiger partial charge >= 0.3 is 5.97 Å². The Labute approximate surface area is 135 Å². The normalized spacial score (nSPS) is 33.9. The zero-order valence-corrected chi connectivity index (χ0v) is 14.4. The Morgan fingerprint density at radius 1 is 1.05 bits per heavy atom. The van der Waals surface area contributed by atoms with Crippen LogP contribution in [-0.2, 0) is 9.53 Å². The molecule has 2 nitrogen and oxygen atoms in total. The summed E-state index contributed by atoms with van der Waals surface area (Å²) in [5, 5.41) is 0.290. The summed E-state index contributed by atoms with van der Waals surface area (Å²) in [5.41, 5.74) is 0. The molecule has 0 unspecified atom stereocenters. The summed E-state index contributed by atoms with van der Waals surface area (Å²) in [7, 11) is 0. The predicted molar refractivity (Wildman–Crippen MR) is 87.5 cm³/mol. The lowest BCUT2D eigenvalue weighted by atomic mass is 9.71. The Bertz CT molecular complexity index is 329. The zero-order chi connectivity index (χ0) is 15.2. The van der Waals surface area contributed by atoms with E-state index in [-0.39, 0.29) is 12.1 Å². The molecule has 3 heteroatoms. The van der Waals surface area contributed by atoms with E-state index < -0.39 is 0 Å². The fraction of sp³-hybridized carbons (Fsp3) is 0.944. The molecule has 2 fully saturated rings. The van der Waals surface area contributed by atoms with Gasteiger partial charge in [-0.1, -0.05) is 33.1 Å². The van der Waals surface area contributed by atoms with E-state index in [1.54, 1.807) is 0 Å². The highest BCUT2D eigenvalue weighted by atomic mass is 35.5. The smallest absolute Gasteiger partial charge is 0.306 e. The molecule has 4 atom stereocenters. The molecule has 0 aliphatic heterocycles. The van der Waals surface area contributed by atoms with Crippen LogP contribution in [0.4, 0.5) is 0 Å². The number of alkyl halides is 1. The first-order chi connectivity index (χ1) is 10.1. The summed E-state index contributed by atoms with van der Waals surface area (Å²) in [6.07, 6.45) is 11.2. The molecular weight excluding hydrogens is 284 g/mol. The van der Waals surface area contributed by atoms with Gasteiger partial charge in [0.15, 0.2) is 0 Å². The van der Waals surface area contributed by atoms with Crippen LogP contribution in [0.3, 0.4) is 0 Å². The van der Waals surface area contributed by atoms with Crippen LogP contribution in [0, 0.1) is 17.8 Å². The Morgan fingerprint density at radius 2 is 1.67 bits per heavy atom. The molecule has 0 aromatic heterocycles. The molecule has 0 spiro atoms. The van der Waals surface area contributed by atoms with Crippen LogP contribution in [0.25, 0.3) is 0 Å². The van der Waals surface area contributed by atoms with Gasteiger partial charge in [0.05, 0.1) is 0 Å². The van der Waals surface area contributed by atoms with Gasteiger partial charge in [-0.25, -0.2) is 0 Å². The molecule has 2 aliphatic rings. The third kappa shape index (κ3) is 5.16. The molecule has 0 aromatic carbocycles. The molecule has 0 heterocycles. The van der Waals surface area contributed by atoms with Crippen LogP contribution in [0.2, 0.25) is 0 Å². The van der Waals surface area contributed by atoms with Gasteiger partial charge in [0.1, 0.15) is 6.10 Å². The highest BCUT2D eigenvalue weighted by Crippen LogP contribution is 2.41. The predicted octanol–water partition coefficient (Wildman–Crippen LogP) is 5.32. The summed E-state index contributed by atoms with van der Waals surface area (Å²) in [6.45, 7) is 4.30. The first kappa shape index (κ1) is 17.1. The summed E-state index contributed by atoms with van der Waals surface area (Å²) in [5.74, 6) is 1.63. The van der Waals surface area contributed by atoms with Gasteiger partial charge in [-0.2, -0.15) is 0 Å². The summed E-state index contributed by atoms with van der Waals surface area (Å²) in [4.78, 5) is 12.1. The maximum atomic E-state index is 12.1. The summed E-state index contributed by atoms with van der Waals surface area (Å²) >= 11 is 6.58. The number of ether oxygens (including phenoxy) is 1. The number of rotatable bonds is 5. The van der Waals surface area contributed by atoms with Crippen molar-refractivity contribution in [1.82, 2.24) is 0 Å². The second-order valence-corrected chi connectivity index (χ2v) is 7.93. The summed E-state index contributed by atoms with van der Waals surface area (Å²) in [6, 6.07) is 0. The first-order valence-corrected chi connectivity index (χ1v) is 9.35. The Balaban J connectivity index is 1.90. The number of carbonyl (C=O) groups excluding carboxylic acids is 1. The van der Waals surface area contributed by atoms with E-state index in [4.69, 9.17) is 16.3 Å². The van der Waals surface area contributed by atoms with Crippen molar-refractivity contribution in [2.75, 3.05) is 0 Å². The number of hydrogen-bond donors (Lipinski definition) is 0. The molecule has 0 radical (unpaired) electrons. The maximum Gasteiger partial charge on any atom is 0.306 e. The van der Waals surface area contributed by atoms with E-state index >= 15 is 0 Å². The van der Waals surface area contributed by atoms with Gasteiger partial charge in [-0.3, -0.25) is 4.79 Å². The monoisotopic (exact) mass is 314 g/mol. The minimum absolute atomic E-state index is 0.00234. The average Bonchev–Trinajstić information content (AvgIpc) is 2.46. The van der Waals surface area contributed by atoms with Crippen molar-refractivity contribution in [2.24, 2.45) is 17.8 Å². The second-order valence-electron chi connectivity index (χ2n) is 7.37. The van der Waals surface area contributed by atoms with Gasteiger partial charge in [0.2, 0.25) is 0 Å². The van der Waals surface area contributed by atoms with Gasteiger partial charge in [-0.05, 0) is 50.4 Å². The van der Waals surface area contributed by atoms with Crippen molar-refractivity contribution >= 4 is 17.6 Å². The minimum Gasteiger partial charge on any atom is -0.462 e. The van der Waals surface area contributed by atoms with Crippen LogP contribution in [0.15, 0.2) is 0 Å². The van der Waals surface area contributed by atoms with Crippen LogP contribution in [0.1, 0.15) is 78.1 Å². The lowest BCUT2D eigenvalue weighted by Crippen LogP contribution is -2.39. The Morgan fingerprint density at radius 3 is 2.33 bits per heavy atom. The van der Waals surface area contributed by atoms with Crippen molar-refractivity contribution in [1.29, 1.82) is 0 Å². The third-order valence-electron chi connectivity index (χ3n) is 5.24. The molecule has 122 valence electrons. The lowest BCUT2D eigenvalue weighted by molar-refractivity contribution is -0.155. The van der Waals surface area contributed by atoms with Crippen molar-refractivity contribution in [2.45, 2.75) is 89.5 Å². The van der Waals surface area contributed by atoms with Gasteiger partial charge in [-0.15, -0.1) is 11.6 Å². The van der Waals surface area contributed by atoms with Gasteiger partial charge in [0.25, 0.3) is 0 Å². The molecule has 2 rings (SSSR count). The highest BCUT2D eigenvalue weighted by molar-refractivity contribution is 6.20. The molecule has 0 bridgehead atoms. The topological polar surface area (TPSA) is 26.3 Å². The number of halogens is 1. The first-order valence-electron chi connectivity index (χ1n) is 8.91. The molecule has 0 saturated heterocycles. The van der Waals surface area contributed by atoms with Gasteiger partial charge in [0, 0.05) is 17.7 Å². The maximum absolute atomic E-state index is 12.1. The van der Waals surface area contributed by atoms with E-state index in [0.717, 1.165) is 19.3 Å². The van der Waals surface area contributed by atoms with E-state index in [1.165, 1.54) is 38.5 Å². The van der Waals surface area contributed by atoms with E-state index in [2.05, 4.69) is 13.8 Å². The van der Waals surface area contributed by atoms with E-state index in [9.17, 15) is 4.79 Å². The van der Waals surface area contributed by atoms with Crippen molar-refractivity contribution in [3.05, 3.63) is 0 Å². The lowest BCUT2D eigenvalue weighted by Gasteiger charge is -2.40. The average molecular weight is 315 g/mol. The van der Waals surface area contributed by atoms with Crippen molar-refractivity contribution in [3.63, 3.8) is 0 Å². The minimum atomic E-state index is 0.00234. The molecule has 2 saturated carbocycles. The largest absolute Gasteiger partial charge is 0.462 e. The fourth-order valence-electron chi connectivity index (χ4n) is 3.99. The third-order valence-corrected chi connectivity index (χ3v) is 5.79. The van der Waals surface area contributed by atoms with Crippen molar-refractivity contribution in [3.8, 4) is 0 Å². The molecule has 0 N–H and O–H groups in total. The van der Waals surface area contributed by atoms with Crippen LogP contribution < -0.4 is 0 Å². The number of carbonyl (C=O) groups is 1. The van der Waals surface area contributed by atoms with Crippen molar-refractivity contribution < 1.29 is 9.53 Å². The standard InChI is InChI=1S/C18H31ClO2/c1-13(2)11-12-18(20)21-17-10-6-4-8-15(17)14-7-3-5-9-16(14)19/h13-17H,3-12H2,1-2H3/t14-,15-,16+,17+/m0/s1. The molecule has 0 aromatic rings. The highest BCUT2D eigenvalue weighted by Gasteiger charge is 2.38. The van der Waals surface area contributed by atoms with E-state index in [0.29, 0.717) is 29.6 Å².